The molecule has 10 heteroatoms. The second kappa shape index (κ2) is 6.85. The Bertz CT molecular complexity index is 579. The third kappa shape index (κ3) is 4.14. The fourth-order valence-corrected chi connectivity index (χ4v) is 3.82. The highest BCUT2D eigenvalue weighted by Gasteiger charge is 2.31. The molecule has 1 aromatic rings. The number of aromatic nitrogens is 3. The van der Waals surface area contributed by atoms with Crippen LogP contribution in [0, 0.1) is 0 Å². The van der Waals surface area contributed by atoms with Crippen molar-refractivity contribution in [1.82, 2.24) is 15.0 Å². The van der Waals surface area contributed by atoms with E-state index in [1.807, 2.05) is 6.92 Å². The number of hydrogen-bond acceptors (Lipinski definition) is 9. The Morgan fingerprint density at radius 3 is 2.71 bits per heavy atom. The van der Waals surface area contributed by atoms with E-state index in [-0.39, 0.29) is 30.2 Å². The molecule has 2 heterocycles. The van der Waals surface area contributed by atoms with E-state index in [0.717, 1.165) is 6.42 Å². The molecule has 21 heavy (non-hydrogen) atoms. The lowest BCUT2D eigenvalue weighted by atomic mass is 10.2. The van der Waals surface area contributed by atoms with Crippen LogP contribution in [0.5, 0.6) is 6.01 Å². The standard InChI is InChI=1S/C11H20N6O3S/c1-2-5-20-11-15-9(14-10(16-11)17-12)13-7-8-4-3-6-21(8,18)19/h8H,2-7,12H2,1H3,(H2,13,14,15,16,17). The van der Waals surface area contributed by atoms with E-state index in [1.165, 1.54) is 0 Å². The van der Waals surface area contributed by atoms with Gasteiger partial charge in [0.25, 0.3) is 0 Å². The number of rotatable bonds is 7. The molecule has 1 saturated heterocycles. The molecule has 1 aliphatic heterocycles. The van der Waals surface area contributed by atoms with Crippen molar-refractivity contribution in [1.29, 1.82) is 0 Å². The Labute approximate surface area is 123 Å². The van der Waals surface area contributed by atoms with E-state index >= 15 is 0 Å². The molecule has 0 aromatic carbocycles. The van der Waals surface area contributed by atoms with Crippen molar-refractivity contribution in [2.75, 3.05) is 29.6 Å². The monoisotopic (exact) mass is 316 g/mol. The van der Waals surface area contributed by atoms with Crippen LogP contribution in [0.2, 0.25) is 0 Å². The molecule has 1 unspecified atom stereocenters. The maximum absolute atomic E-state index is 11.8. The second-order valence-electron chi connectivity index (χ2n) is 4.77. The molecule has 0 radical (unpaired) electrons. The first kappa shape index (κ1) is 15.7. The molecule has 1 atom stereocenters. The van der Waals surface area contributed by atoms with Gasteiger partial charge in [0.1, 0.15) is 0 Å². The van der Waals surface area contributed by atoms with Crippen LogP contribution in [-0.2, 0) is 9.84 Å². The van der Waals surface area contributed by atoms with Gasteiger partial charge in [0, 0.05) is 6.54 Å². The molecular weight excluding hydrogens is 296 g/mol. The van der Waals surface area contributed by atoms with Gasteiger partial charge in [-0.05, 0) is 19.3 Å². The van der Waals surface area contributed by atoms with Gasteiger partial charge in [-0.15, -0.1) is 0 Å². The van der Waals surface area contributed by atoms with Gasteiger partial charge in [-0.3, -0.25) is 5.43 Å². The number of nitrogen functional groups attached to an aromatic ring is 1. The van der Waals surface area contributed by atoms with Crippen LogP contribution in [0.15, 0.2) is 0 Å². The minimum atomic E-state index is -3.00. The lowest BCUT2D eigenvalue weighted by molar-refractivity contribution is 0.292. The Morgan fingerprint density at radius 2 is 2.10 bits per heavy atom. The van der Waals surface area contributed by atoms with Crippen LogP contribution >= 0.6 is 0 Å². The first-order valence-corrected chi connectivity index (χ1v) is 8.57. The quantitative estimate of drug-likeness (QED) is 0.467. The largest absolute Gasteiger partial charge is 0.463 e. The van der Waals surface area contributed by atoms with Crippen molar-refractivity contribution in [2.45, 2.75) is 31.4 Å². The Hall–Kier alpha value is -1.68. The summed E-state index contributed by atoms with van der Waals surface area (Å²) >= 11 is 0. The van der Waals surface area contributed by atoms with Gasteiger partial charge in [0.2, 0.25) is 11.9 Å². The molecule has 1 aromatic heterocycles. The van der Waals surface area contributed by atoms with Crippen LogP contribution in [0.25, 0.3) is 0 Å². The molecule has 0 saturated carbocycles. The summed E-state index contributed by atoms with van der Waals surface area (Å²) < 4.78 is 28.9. The van der Waals surface area contributed by atoms with Crippen LogP contribution < -0.4 is 21.3 Å². The van der Waals surface area contributed by atoms with Gasteiger partial charge >= 0.3 is 6.01 Å². The highest BCUT2D eigenvalue weighted by atomic mass is 32.2. The smallest absolute Gasteiger partial charge is 0.323 e. The average molecular weight is 316 g/mol. The number of anilines is 2. The molecule has 0 aliphatic carbocycles. The summed E-state index contributed by atoms with van der Waals surface area (Å²) in [5.74, 6) is 5.94. The van der Waals surface area contributed by atoms with Gasteiger partial charge in [0.05, 0.1) is 17.6 Å². The Kier molecular flexibility index (Phi) is 5.12. The molecule has 0 bridgehead atoms. The minimum absolute atomic E-state index is 0.150. The Morgan fingerprint density at radius 1 is 1.33 bits per heavy atom. The van der Waals surface area contributed by atoms with Gasteiger partial charge in [-0.1, -0.05) is 6.92 Å². The van der Waals surface area contributed by atoms with Gasteiger partial charge in [-0.2, -0.15) is 15.0 Å². The fourth-order valence-electron chi connectivity index (χ4n) is 2.05. The molecule has 0 spiro atoms. The highest BCUT2D eigenvalue weighted by Crippen LogP contribution is 2.20. The zero-order chi connectivity index (χ0) is 15.3. The van der Waals surface area contributed by atoms with E-state index in [9.17, 15) is 8.42 Å². The normalized spacial score (nSPS) is 20.2. The number of nitrogens with two attached hydrogens (primary N) is 1. The number of hydrogen-bond donors (Lipinski definition) is 3. The summed E-state index contributed by atoms with van der Waals surface area (Å²) in [5.41, 5.74) is 2.33. The Balaban J connectivity index is 2.04. The van der Waals surface area contributed by atoms with Crippen molar-refractivity contribution in [3.63, 3.8) is 0 Å². The van der Waals surface area contributed by atoms with Crippen molar-refractivity contribution in [3.05, 3.63) is 0 Å². The van der Waals surface area contributed by atoms with Gasteiger partial charge < -0.3 is 10.1 Å². The summed E-state index contributed by atoms with van der Waals surface area (Å²) in [6.07, 6.45) is 2.17. The van der Waals surface area contributed by atoms with Crippen LogP contribution in [0.4, 0.5) is 11.9 Å². The van der Waals surface area contributed by atoms with Crippen molar-refractivity contribution in [2.24, 2.45) is 5.84 Å². The summed E-state index contributed by atoms with van der Waals surface area (Å²) in [7, 11) is -3.00. The molecule has 2 rings (SSSR count). The zero-order valence-electron chi connectivity index (χ0n) is 11.9. The fraction of sp³-hybridized carbons (Fsp3) is 0.727. The molecule has 9 nitrogen and oxygen atoms in total. The molecule has 118 valence electrons. The molecule has 0 amide bonds. The number of nitrogens with zero attached hydrogens (tertiary/aromatic N) is 3. The SMILES string of the molecule is CCCOc1nc(NN)nc(NCC2CCCS2(=O)=O)n1. The van der Waals surface area contributed by atoms with Gasteiger partial charge in [0.15, 0.2) is 9.84 Å². The van der Waals surface area contributed by atoms with Gasteiger partial charge in [-0.25, -0.2) is 14.3 Å². The first-order valence-electron chi connectivity index (χ1n) is 6.86. The maximum Gasteiger partial charge on any atom is 0.323 e. The predicted octanol–water partition coefficient (Wildman–Crippen LogP) is -0.0649. The number of sulfone groups is 1. The molecule has 1 aliphatic rings. The first-order chi connectivity index (χ1) is 10.0. The predicted molar refractivity (Wildman–Crippen MR) is 78.7 cm³/mol. The van der Waals surface area contributed by atoms with Crippen molar-refractivity contribution in [3.8, 4) is 6.01 Å². The van der Waals surface area contributed by atoms with E-state index in [1.54, 1.807) is 0 Å². The second-order valence-corrected chi connectivity index (χ2v) is 7.17. The zero-order valence-corrected chi connectivity index (χ0v) is 12.7. The van der Waals surface area contributed by atoms with Crippen LogP contribution in [0.1, 0.15) is 26.2 Å². The number of nitrogens with one attached hydrogen (secondary N) is 2. The summed E-state index contributed by atoms with van der Waals surface area (Å²) in [6.45, 7) is 2.71. The molecular formula is C11H20N6O3S. The van der Waals surface area contributed by atoms with Crippen molar-refractivity contribution >= 4 is 21.7 Å². The van der Waals surface area contributed by atoms with E-state index in [2.05, 4.69) is 25.7 Å². The number of hydrazine groups is 1. The summed E-state index contributed by atoms with van der Waals surface area (Å²) in [5, 5.41) is 2.52. The van der Waals surface area contributed by atoms with E-state index in [0.29, 0.717) is 19.4 Å². The molecule has 1 fully saturated rings. The maximum atomic E-state index is 11.8. The lowest BCUT2D eigenvalue weighted by Gasteiger charge is -2.12. The minimum Gasteiger partial charge on any atom is -0.463 e. The summed E-state index contributed by atoms with van der Waals surface area (Å²) in [6, 6.07) is 0.150. The highest BCUT2D eigenvalue weighted by molar-refractivity contribution is 7.92. The van der Waals surface area contributed by atoms with Crippen molar-refractivity contribution < 1.29 is 13.2 Å². The summed E-state index contributed by atoms with van der Waals surface area (Å²) in [4.78, 5) is 12.1. The topological polar surface area (TPSA) is 132 Å². The van der Waals surface area contributed by atoms with Crippen LogP contribution in [-0.4, -0.2) is 47.5 Å². The van der Waals surface area contributed by atoms with Crippen LogP contribution in [0.3, 0.4) is 0 Å². The third-order valence-corrected chi connectivity index (χ3v) is 5.41. The lowest BCUT2D eigenvalue weighted by Crippen LogP contribution is -2.26. The molecule has 4 N–H and O–H groups in total. The number of ether oxygens (including phenoxy) is 1. The van der Waals surface area contributed by atoms with E-state index < -0.39 is 15.1 Å². The van der Waals surface area contributed by atoms with E-state index in [4.69, 9.17) is 10.6 Å². The third-order valence-electron chi connectivity index (χ3n) is 3.13. The average Bonchev–Trinajstić information content (AvgIpc) is 2.81.